The molecule has 0 heterocycles. The molecule has 139 valence electrons. The number of allylic oxidation sites excluding steroid dienone is 6. The summed E-state index contributed by atoms with van der Waals surface area (Å²) in [5.74, 6) is 2.73. The summed E-state index contributed by atoms with van der Waals surface area (Å²) in [6.45, 7) is 5.41. The molecule has 0 aromatic heterocycles. The molecule has 6 atom stereocenters. The van der Waals surface area contributed by atoms with Gasteiger partial charge in [-0.25, -0.2) is 0 Å². The Labute approximate surface area is 161 Å². The molecule has 1 radical (unpaired) electrons. The molecular weight excluding hydrogens is 328 g/mol. The summed E-state index contributed by atoms with van der Waals surface area (Å²) in [6.07, 6.45) is 31.0. The van der Waals surface area contributed by atoms with E-state index in [0.29, 0.717) is 21.3 Å². The van der Waals surface area contributed by atoms with Crippen LogP contribution in [-0.2, 0) is 0 Å². The van der Waals surface area contributed by atoms with Gasteiger partial charge in [0, 0.05) is 0 Å². The number of hydrogen-bond donors (Lipinski definition) is 0. The van der Waals surface area contributed by atoms with Gasteiger partial charge in [-0.3, -0.25) is 0 Å². The molecule has 0 saturated heterocycles. The first-order valence-electron chi connectivity index (χ1n) is 11.4. The van der Waals surface area contributed by atoms with Crippen molar-refractivity contribution in [3.8, 4) is 0 Å². The lowest BCUT2D eigenvalue weighted by Gasteiger charge is -2.61. The van der Waals surface area contributed by atoms with Crippen LogP contribution in [0.2, 0.25) is 18.1 Å². The van der Waals surface area contributed by atoms with Crippen molar-refractivity contribution in [1.82, 2.24) is 0 Å². The molecule has 0 aromatic rings. The molecule has 0 aliphatic heterocycles. The highest BCUT2D eigenvalue weighted by atomic mass is 28.3. The molecule has 6 aliphatic rings. The Hall–Kier alpha value is -0.563. The largest absolute Gasteiger partial charge is 0.0848 e. The minimum atomic E-state index is -0.436. The first-order valence-corrected chi connectivity index (χ1v) is 13.9. The van der Waals surface area contributed by atoms with Crippen LogP contribution in [0.1, 0.15) is 64.2 Å². The van der Waals surface area contributed by atoms with Crippen molar-refractivity contribution < 1.29 is 0 Å². The van der Waals surface area contributed by atoms with E-state index in [-0.39, 0.29) is 0 Å². The van der Waals surface area contributed by atoms with Crippen LogP contribution >= 0.6 is 0 Å². The summed E-state index contributed by atoms with van der Waals surface area (Å²) < 4.78 is 0. The predicted molar refractivity (Wildman–Crippen MR) is 112 cm³/mol. The van der Waals surface area contributed by atoms with Crippen LogP contribution in [0.15, 0.2) is 36.5 Å². The van der Waals surface area contributed by atoms with Gasteiger partial charge < -0.3 is 0 Å². The third kappa shape index (κ3) is 1.82. The van der Waals surface area contributed by atoms with E-state index in [1.54, 1.807) is 0 Å². The lowest BCUT2D eigenvalue weighted by atomic mass is 9.55. The molecule has 0 N–H and O–H groups in total. The highest BCUT2D eigenvalue weighted by Gasteiger charge is 2.68. The summed E-state index contributed by atoms with van der Waals surface area (Å²) >= 11 is 0. The lowest BCUT2D eigenvalue weighted by Crippen LogP contribution is -2.53. The average molecular weight is 364 g/mol. The normalized spacial score (nSPS) is 52.0. The fourth-order valence-corrected chi connectivity index (χ4v) is 12.5. The van der Waals surface area contributed by atoms with Crippen molar-refractivity contribution in [3.05, 3.63) is 36.5 Å². The van der Waals surface area contributed by atoms with E-state index in [9.17, 15) is 0 Å². The monoisotopic (exact) mass is 363 g/mol. The third-order valence-corrected chi connectivity index (χ3v) is 13.0. The van der Waals surface area contributed by atoms with E-state index in [4.69, 9.17) is 0 Å². The van der Waals surface area contributed by atoms with E-state index in [1.165, 1.54) is 64.2 Å². The van der Waals surface area contributed by atoms with Crippen LogP contribution in [-0.4, -0.2) is 8.80 Å². The predicted octanol–water partition coefficient (Wildman–Crippen LogP) is 6.94. The molecular formula is C25H35Si. The summed E-state index contributed by atoms with van der Waals surface area (Å²) in [5.41, 5.74) is 1.61. The number of hydrogen-bond acceptors (Lipinski definition) is 0. The highest BCUT2D eigenvalue weighted by Crippen LogP contribution is 2.79. The third-order valence-electron chi connectivity index (χ3n) is 10.1. The average Bonchev–Trinajstić information content (AvgIpc) is 3.48. The second-order valence-electron chi connectivity index (χ2n) is 11.3. The topological polar surface area (TPSA) is 0 Å². The van der Waals surface area contributed by atoms with Gasteiger partial charge >= 0.3 is 0 Å². The smallest absolute Gasteiger partial charge is 0.0503 e. The first kappa shape index (κ1) is 16.4. The Balaban J connectivity index is 1.53. The van der Waals surface area contributed by atoms with Gasteiger partial charge in [-0.05, 0) is 103 Å². The van der Waals surface area contributed by atoms with Crippen LogP contribution in [0.3, 0.4) is 0 Å². The Morgan fingerprint density at radius 1 is 0.769 bits per heavy atom. The summed E-state index contributed by atoms with van der Waals surface area (Å²) in [6, 6.07) is 0. The van der Waals surface area contributed by atoms with Gasteiger partial charge in [-0.1, -0.05) is 49.6 Å². The maximum absolute atomic E-state index is 2.79. The van der Waals surface area contributed by atoms with Crippen molar-refractivity contribution in [2.75, 3.05) is 0 Å². The molecule has 3 fully saturated rings. The van der Waals surface area contributed by atoms with E-state index in [0.717, 1.165) is 17.8 Å². The van der Waals surface area contributed by atoms with E-state index in [2.05, 4.69) is 49.6 Å². The van der Waals surface area contributed by atoms with E-state index in [1.807, 2.05) is 0 Å². The van der Waals surface area contributed by atoms with Crippen molar-refractivity contribution in [3.63, 3.8) is 0 Å². The maximum atomic E-state index is 2.79. The summed E-state index contributed by atoms with van der Waals surface area (Å²) in [7, 11) is -0.436. The van der Waals surface area contributed by atoms with Crippen LogP contribution in [0, 0.1) is 34.0 Å². The van der Waals surface area contributed by atoms with Crippen molar-refractivity contribution >= 4 is 8.80 Å². The second-order valence-corrected chi connectivity index (χ2v) is 14.2. The molecule has 6 unspecified atom stereocenters. The van der Waals surface area contributed by atoms with Gasteiger partial charge in [0.1, 0.15) is 0 Å². The molecule has 3 saturated carbocycles. The molecule has 6 rings (SSSR count). The van der Waals surface area contributed by atoms with Crippen molar-refractivity contribution in [2.45, 2.75) is 82.3 Å². The maximum Gasteiger partial charge on any atom is 0.0503 e. The summed E-state index contributed by atoms with van der Waals surface area (Å²) in [4.78, 5) is 0. The zero-order chi connectivity index (χ0) is 17.6. The Morgan fingerprint density at radius 3 is 1.62 bits per heavy atom. The zero-order valence-electron chi connectivity index (χ0n) is 16.8. The standard InChI is InChI=1S/C25H35Si/c1-26(2)25(23-11-5-20(16-23)6-12-23,24-13-7-21(17-24)8-14-24)18-22-9-3-19(15-22)4-10-22/h3,5,7,9,11,13,19-21H,4,6,8,10,12,14-18H2,1-2H3. The molecule has 1 heteroatoms. The van der Waals surface area contributed by atoms with E-state index >= 15 is 0 Å². The van der Waals surface area contributed by atoms with Crippen molar-refractivity contribution in [1.29, 1.82) is 0 Å². The molecule has 6 aliphatic carbocycles. The number of rotatable bonds is 5. The molecule has 0 aromatic carbocycles. The fraction of sp³-hybridized carbons (Fsp3) is 0.760. The van der Waals surface area contributed by atoms with Gasteiger partial charge in [0.05, 0.1) is 8.80 Å². The van der Waals surface area contributed by atoms with Crippen LogP contribution in [0.4, 0.5) is 0 Å². The van der Waals surface area contributed by atoms with Gasteiger partial charge in [0.2, 0.25) is 0 Å². The van der Waals surface area contributed by atoms with E-state index < -0.39 is 8.80 Å². The van der Waals surface area contributed by atoms with Crippen LogP contribution in [0.5, 0.6) is 0 Å². The Bertz CT molecular complexity index is 678. The Kier molecular flexibility index (Phi) is 3.20. The van der Waals surface area contributed by atoms with Crippen LogP contribution in [0.25, 0.3) is 0 Å². The molecule has 0 nitrogen and oxygen atoms in total. The Morgan fingerprint density at radius 2 is 1.31 bits per heavy atom. The first-order chi connectivity index (χ1) is 12.5. The SMILES string of the molecule is C[Si](C)C(CC12C=CC(CC1)C2)(C12C=CC(CC1)C2)C12C=CC(CC1)C2. The fourth-order valence-electron chi connectivity index (χ4n) is 9.18. The second kappa shape index (κ2) is 5.07. The minimum Gasteiger partial charge on any atom is -0.0848 e. The lowest BCUT2D eigenvalue weighted by molar-refractivity contribution is 0.0749. The van der Waals surface area contributed by atoms with Crippen molar-refractivity contribution in [2.24, 2.45) is 34.0 Å². The highest BCUT2D eigenvalue weighted by molar-refractivity contribution is 6.60. The van der Waals surface area contributed by atoms with Gasteiger partial charge in [0.15, 0.2) is 0 Å². The van der Waals surface area contributed by atoms with Crippen LogP contribution < -0.4 is 0 Å². The zero-order valence-corrected chi connectivity index (χ0v) is 17.8. The molecule has 0 spiro atoms. The quantitative estimate of drug-likeness (QED) is 0.366. The molecule has 0 amide bonds. The van der Waals surface area contributed by atoms with Gasteiger partial charge in [-0.15, -0.1) is 0 Å². The summed E-state index contributed by atoms with van der Waals surface area (Å²) in [5, 5.41) is 0.567. The molecule has 26 heavy (non-hydrogen) atoms. The van der Waals surface area contributed by atoms with Gasteiger partial charge in [-0.2, -0.15) is 0 Å². The molecule has 6 bridgehead atoms. The van der Waals surface area contributed by atoms with Gasteiger partial charge in [0.25, 0.3) is 0 Å². The number of fused-ring (bicyclic) bond motifs is 6. The minimum absolute atomic E-state index is 0.436.